The van der Waals surface area contributed by atoms with E-state index in [4.69, 9.17) is 9.97 Å². The minimum absolute atomic E-state index is 0.398. The van der Waals surface area contributed by atoms with E-state index in [1.54, 1.807) is 0 Å². The van der Waals surface area contributed by atoms with Gasteiger partial charge in [-0.05, 0) is 32.4 Å². The molecule has 1 aliphatic rings. The molecule has 5 heteroatoms. The molecule has 5 nitrogen and oxygen atoms in total. The molecule has 1 aromatic carbocycles. The Hall–Kier alpha value is -2.27. The van der Waals surface area contributed by atoms with Gasteiger partial charge in [0.1, 0.15) is 11.6 Å². The van der Waals surface area contributed by atoms with Crippen LogP contribution in [0.5, 0.6) is 0 Å². The number of benzene rings is 1. The van der Waals surface area contributed by atoms with Crippen molar-refractivity contribution in [1.29, 1.82) is 0 Å². The second kappa shape index (κ2) is 7.16. The first-order valence-electron chi connectivity index (χ1n) is 9.67. The SMILES string of the molecule is CCCc1ncc2c(n1)CCN(Cc1nc3ccccc3n1C(C)C)C2. The van der Waals surface area contributed by atoms with Gasteiger partial charge in [0.05, 0.1) is 17.6 Å². The summed E-state index contributed by atoms with van der Waals surface area (Å²) >= 11 is 0. The maximum Gasteiger partial charge on any atom is 0.128 e. The van der Waals surface area contributed by atoms with E-state index < -0.39 is 0 Å². The van der Waals surface area contributed by atoms with Gasteiger partial charge in [0, 0.05) is 49.4 Å². The van der Waals surface area contributed by atoms with E-state index in [9.17, 15) is 0 Å². The summed E-state index contributed by atoms with van der Waals surface area (Å²) in [6.45, 7) is 9.42. The molecular weight excluding hydrogens is 322 g/mol. The topological polar surface area (TPSA) is 46.8 Å². The Balaban J connectivity index is 1.57. The number of rotatable bonds is 5. The number of fused-ring (bicyclic) bond motifs is 2. The van der Waals surface area contributed by atoms with Gasteiger partial charge in [-0.1, -0.05) is 19.1 Å². The fourth-order valence-corrected chi connectivity index (χ4v) is 3.88. The van der Waals surface area contributed by atoms with E-state index in [-0.39, 0.29) is 0 Å². The molecule has 0 atom stereocenters. The van der Waals surface area contributed by atoms with Crippen LogP contribution in [0.25, 0.3) is 11.0 Å². The van der Waals surface area contributed by atoms with Crippen molar-refractivity contribution in [2.75, 3.05) is 6.54 Å². The Morgan fingerprint density at radius 3 is 2.81 bits per heavy atom. The Kier molecular flexibility index (Phi) is 4.72. The molecule has 3 aromatic rings. The van der Waals surface area contributed by atoms with Gasteiger partial charge in [0.25, 0.3) is 0 Å². The van der Waals surface area contributed by atoms with Gasteiger partial charge < -0.3 is 4.57 Å². The minimum Gasteiger partial charge on any atom is -0.324 e. The molecule has 1 aliphatic heterocycles. The fraction of sp³-hybridized carbons (Fsp3) is 0.476. The van der Waals surface area contributed by atoms with E-state index in [2.05, 4.69) is 59.5 Å². The van der Waals surface area contributed by atoms with Crippen molar-refractivity contribution < 1.29 is 0 Å². The Labute approximate surface area is 155 Å². The summed E-state index contributed by atoms with van der Waals surface area (Å²) in [5, 5.41) is 0. The lowest BCUT2D eigenvalue weighted by atomic mass is 10.1. The fourth-order valence-electron chi connectivity index (χ4n) is 3.88. The molecule has 0 amide bonds. The smallest absolute Gasteiger partial charge is 0.128 e. The molecule has 0 spiro atoms. The molecule has 0 saturated heterocycles. The highest BCUT2D eigenvalue weighted by molar-refractivity contribution is 5.76. The van der Waals surface area contributed by atoms with Gasteiger partial charge in [0.15, 0.2) is 0 Å². The maximum atomic E-state index is 4.91. The van der Waals surface area contributed by atoms with E-state index in [1.807, 2.05) is 6.20 Å². The number of aromatic nitrogens is 4. The van der Waals surface area contributed by atoms with Gasteiger partial charge >= 0.3 is 0 Å². The Morgan fingerprint density at radius 1 is 1.15 bits per heavy atom. The highest BCUT2D eigenvalue weighted by Gasteiger charge is 2.21. The molecule has 0 radical (unpaired) electrons. The summed E-state index contributed by atoms with van der Waals surface area (Å²) in [7, 11) is 0. The molecular formula is C21H27N5. The van der Waals surface area contributed by atoms with Crippen molar-refractivity contribution >= 4 is 11.0 Å². The van der Waals surface area contributed by atoms with Gasteiger partial charge in [-0.2, -0.15) is 0 Å². The van der Waals surface area contributed by atoms with Crippen LogP contribution in [0.2, 0.25) is 0 Å². The number of nitrogens with zero attached hydrogens (tertiary/aromatic N) is 5. The first kappa shape index (κ1) is 17.2. The van der Waals surface area contributed by atoms with Crippen molar-refractivity contribution in [1.82, 2.24) is 24.4 Å². The van der Waals surface area contributed by atoms with Crippen molar-refractivity contribution in [2.45, 2.75) is 59.2 Å². The molecule has 0 saturated carbocycles. The van der Waals surface area contributed by atoms with Crippen LogP contribution in [-0.4, -0.2) is 31.0 Å². The van der Waals surface area contributed by atoms with Crippen molar-refractivity contribution in [3.63, 3.8) is 0 Å². The maximum absolute atomic E-state index is 4.91. The summed E-state index contributed by atoms with van der Waals surface area (Å²) in [4.78, 5) is 16.7. The van der Waals surface area contributed by atoms with Crippen LogP contribution in [0.4, 0.5) is 0 Å². The Bertz CT molecular complexity index is 912. The standard InChI is InChI=1S/C21H27N5/c1-4-7-20-22-12-16-13-25(11-10-17(16)23-20)14-21-24-18-8-5-6-9-19(18)26(21)15(2)3/h5-6,8-9,12,15H,4,7,10-11,13-14H2,1-3H3. The normalized spacial score (nSPS) is 14.9. The molecule has 0 N–H and O–H groups in total. The third-order valence-electron chi connectivity index (χ3n) is 5.09. The van der Waals surface area contributed by atoms with Crippen LogP contribution in [-0.2, 0) is 25.9 Å². The van der Waals surface area contributed by atoms with Crippen LogP contribution in [0, 0.1) is 0 Å². The van der Waals surface area contributed by atoms with Crippen molar-refractivity contribution in [3.8, 4) is 0 Å². The van der Waals surface area contributed by atoms with Crippen LogP contribution in [0.15, 0.2) is 30.5 Å². The molecule has 0 fully saturated rings. The van der Waals surface area contributed by atoms with Gasteiger partial charge in [0.2, 0.25) is 0 Å². The molecule has 0 bridgehead atoms. The van der Waals surface area contributed by atoms with Crippen LogP contribution < -0.4 is 0 Å². The van der Waals surface area contributed by atoms with Gasteiger partial charge in [-0.3, -0.25) is 4.90 Å². The highest BCUT2D eigenvalue weighted by Crippen LogP contribution is 2.24. The number of imidazole rings is 1. The predicted molar refractivity (Wildman–Crippen MR) is 104 cm³/mol. The van der Waals surface area contributed by atoms with Gasteiger partial charge in [-0.15, -0.1) is 0 Å². The molecule has 4 rings (SSSR count). The zero-order valence-corrected chi connectivity index (χ0v) is 15.9. The lowest BCUT2D eigenvalue weighted by Gasteiger charge is -2.28. The monoisotopic (exact) mass is 349 g/mol. The lowest BCUT2D eigenvalue weighted by molar-refractivity contribution is 0.232. The average Bonchev–Trinajstić information content (AvgIpc) is 3.00. The third-order valence-corrected chi connectivity index (χ3v) is 5.09. The summed E-state index contributed by atoms with van der Waals surface area (Å²) in [6.07, 6.45) is 5.09. The highest BCUT2D eigenvalue weighted by atomic mass is 15.2. The van der Waals surface area contributed by atoms with Crippen LogP contribution >= 0.6 is 0 Å². The zero-order valence-electron chi connectivity index (χ0n) is 15.9. The first-order valence-corrected chi connectivity index (χ1v) is 9.67. The largest absolute Gasteiger partial charge is 0.324 e. The van der Waals surface area contributed by atoms with E-state index in [0.29, 0.717) is 6.04 Å². The minimum atomic E-state index is 0.398. The second-order valence-corrected chi connectivity index (χ2v) is 7.45. The van der Waals surface area contributed by atoms with Crippen LogP contribution in [0.1, 0.15) is 56.1 Å². The quantitative estimate of drug-likeness (QED) is 0.700. The summed E-state index contributed by atoms with van der Waals surface area (Å²) < 4.78 is 2.37. The molecule has 136 valence electrons. The lowest BCUT2D eigenvalue weighted by Crippen LogP contribution is -2.32. The Morgan fingerprint density at radius 2 is 2.00 bits per heavy atom. The number of hydrogen-bond acceptors (Lipinski definition) is 4. The molecule has 3 heterocycles. The van der Waals surface area contributed by atoms with E-state index in [1.165, 1.54) is 16.8 Å². The summed E-state index contributed by atoms with van der Waals surface area (Å²) in [5.41, 5.74) is 4.81. The third kappa shape index (κ3) is 3.23. The van der Waals surface area contributed by atoms with Gasteiger partial charge in [-0.25, -0.2) is 15.0 Å². The van der Waals surface area contributed by atoms with E-state index >= 15 is 0 Å². The molecule has 0 aliphatic carbocycles. The first-order chi connectivity index (χ1) is 12.7. The van der Waals surface area contributed by atoms with Crippen molar-refractivity contribution in [2.24, 2.45) is 0 Å². The second-order valence-electron chi connectivity index (χ2n) is 7.45. The van der Waals surface area contributed by atoms with Crippen LogP contribution in [0.3, 0.4) is 0 Å². The van der Waals surface area contributed by atoms with Crippen molar-refractivity contribution in [3.05, 3.63) is 53.4 Å². The average molecular weight is 349 g/mol. The molecule has 0 unspecified atom stereocenters. The molecule has 26 heavy (non-hydrogen) atoms. The number of hydrogen-bond donors (Lipinski definition) is 0. The van der Waals surface area contributed by atoms with E-state index in [0.717, 1.165) is 56.1 Å². The summed E-state index contributed by atoms with van der Waals surface area (Å²) in [6, 6.07) is 8.82. The zero-order chi connectivity index (χ0) is 18.1. The summed E-state index contributed by atoms with van der Waals surface area (Å²) in [5.74, 6) is 2.13. The number of aryl methyl sites for hydroxylation is 1. The molecule has 2 aromatic heterocycles. The predicted octanol–water partition coefficient (Wildman–Crippen LogP) is 3.92. The number of para-hydroxylation sites is 2.